The van der Waals surface area contributed by atoms with Crippen molar-refractivity contribution < 1.29 is 0 Å². The van der Waals surface area contributed by atoms with Crippen molar-refractivity contribution in [1.29, 1.82) is 0 Å². The highest BCUT2D eigenvalue weighted by Crippen LogP contribution is 2.36. The van der Waals surface area contributed by atoms with Gasteiger partial charge in [-0.3, -0.25) is 0 Å². The zero-order valence-electron chi connectivity index (χ0n) is 8.33. The highest BCUT2D eigenvalue weighted by Gasteiger charge is 2.16. The molecule has 0 aromatic heterocycles. The largest absolute Gasteiger partial charge is 0.0840 e. The second-order valence-electron chi connectivity index (χ2n) is 3.92. The van der Waals surface area contributed by atoms with Crippen LogP contribution in [0.2, 0.25) is 5.02 Å². The molecule has 0 N–H and O–H groups in total. The third kappa shape index (κ3) is 1.37. The topological polar surface area (TPSA) is 0 Å². The molecule has 3 rings (SSSR count). The van der Waals surface area contributed by atoms with Crippen molar-refractivity contribution >= 4 is 11.6 Å². The van der Waals surface area contributed by atoms with Crippen molar-refractivity contribution in [3.63, 3.8) is 0 Å². The molecule has 0 aliphatic heterocycles. The Morgan fingerprint density at radius 3 is 2.53 bits per heavy atom. The second-order valence-corrected chi connectivity index (χ2v) is 4.33. The first-order chi connectivity index (χ1) is 7.36. The molecule has 0 saturated heterocycles. The maximum Gasteiger partial charge on any atom is 0.0444 e. The van der Waals surface area contributed by atoms with Crippen LogP contribution in [0.25, 0.3) is 11.1 Å². The predicted octanol–water partition coefficient (Wildman–Crippen LogP) is 4.11. The molecule has 0 unspecified atom stereocenters. The van der Waals surface area contributed by atoms with Crippen LogP contribution < -0.4 is 0 Å². The first kappa shape index (κ1) is 8.99. The monoisotopic (exact) mass is 214 g/mol. The molecular weight excluding hydrogens is 204 g/mol. The summed E-state index contributed by atoms with van der Waals surface area (Å²) in [5.41, 5.74) is 5.40. The summed E-state index contributed by atoms with van der Waals surface area (Å²) in [5.74, 6) is 0. The summed E-state index contributed by atoms with van der Waals surface area (Å²) in [5, 5.41) is 0.905. The van der Waals surface area contributed by atoms with E-state index in [0.29, 0.717) is 0 Å². The van der Waals surface area contributed by atoms with Gasteiger partial charge in [0.25, 0.3) is 0 Å². The lowest BCUT2D eigenvalue weighted by Crippen LogP contribution is -2.03. The van der Waals surface area contributed by atoms with Gasteiger partial charge in [-0.05, 0) is 41.2 Å². The van der Waals surface area contributed by atoms with Gasteiger partial charge in [0.15, 0.2) is 0 Å². The van der Waals surface area contributed by atoms with Gasteiger partial charge in [0.1, 0.15) is 0 Å². The van der Waals surface area contributed by atoms with E-state index in [0.717, 1.165) is 17.9 Å². The van der Waals surface area contributed by atoms with E-state index in [4.69, 9.17) is 11.6 Å². The quantitative estimate of drug-likeness (QED) is 0.619. The molecule has 0 saturated carbocycles. The van der Waals surface area contributed by atoms with E-state index in [2.05, 4.69) is 30.3 Å². The molecular formula is C14H11Cl. The Morgan fingerprint density at radius 1 is 0.800 bits per heavy atom. The molecule has 2 aromatic rings. The number of hydrogen-bond donors (Lipinski definition) is 0. The summed E-state index contributed by atoms with van der Waals surface area (Å²) in [6, 6.07) is 14.8. The van der Waals surface area contributed by atoms with Crippen molar-refractivity contribution in [1.82, 2.24) is 0 Å². The van der Waals surface area contributed by atoms with Crippen LogP contribution in [-0.2, 0) is 12.8 Å². The summed E-state index contributed by atoms with van der Waals surface area (Å²) in [6.07, 6.45) is 2.17. The standard InChI is InChI=1S/C14H11Cl/c15-14-7-3-6-12-11-5-2-1-4-10(11)8-9-13(12)14/h1-7H,8-9H2. The third-order valence-electron chi connectivity index (χ3n) is 3.07. The molecule has 0 nitrogen and oxygen atoms in total. The Bertz CT molecular complexity index is 514. The van der Waals surface area contributed by atoms with Crippen LogP contribution in [-0.4, -0.2) is 0 Å². The summed E-state index contributed by atoms with van der Waals surface area (Å²) in [6.45, 7) is 0. The summed E-state index contributed by atoms with van der Waals surface area (Å²) < 4.78 is 0. The first-order valence-corrected chi connectivity index (χ1v) is 5.60. The van der Waals surface area contributed by atoms with E-state index in [1.165, 1.54) is 22.3 Å². The van der Waals surface area contributed by atoms with Crippen LogP contribution >= 0.6 is 11.6 Å². The third-order valence-corrected chi connectivity index (χ3v) is 3.42. The summed E-state index contributed by atoms with van der Waals surface area (Å²) in [4.78, 5) is 0. The molecule has 1 aliphatic rings. The molecule has 0 amide bonds. The molecule has 0 radical (unpaired) electrons. The Morgan fingerprint density at radius 2 is 1.60 bits per heavy atom. The van der Waals surface area contributed by atoms with E-state index in [-0.39, 0.29) is 0 Å². The summed E-state index contributed by atoms with van der Waals surface area (Å²) >= 11 is 6.21. The fourth-order valence-corrected chi connectivity index (χ4v) is 2.59. The summed E-state index contributed by atoms with van der Waals surface area (Å²) in [7, 11) is 0. The highest BCUT2D eigenvalue weighted by molar-refractivity contribution is 6.31. The van der Waals surface area contributed by atoms with Crippen LogP contribution in [0, 0.1) is 0 Å². The molecule has 0 spiro atoms. The van der Waals surface area contributed by atoms with Gasteiger partial charge in [0.05, 0.1) is 0 Å². The SMILES string of the molecule is Clc1cccc2c1CCc1ccccc1-2. The van der Waals surface area contributed by atoms with Crippen molar-refractivity contribution in [3.05, 3.63) is 58.6 Å². The zero-order chi connectivity index (χ0) is 10.3. The minimum atomic E-state index is 0.905. The Kier molecular flexibility index (Phi) is 2.03. The molecule has 1 heteroatoms. The average Bonchev–Trinajstić information content (AvgIpc) is 2.29. The lowest BCUT2D eigenvalue weighted by Gasteiger charge is -2.20. The number of aryl methyl sites for hydroxylation is 1. The zero-order valence-corrected chi connectivity index (χ0v) is 9.09. The fourth-order valence-electron chi connectivity index (χ4n) is 2.33. The smallest absolute Gasteiger partial charge is 0.0444 e. The number of benzene rings is 2. The van der Waals surface area contributed by atoms with Crippen molar-refractivity contribution in [2.45, 2.75) is 12.8 Å². The lowest BCUT2D eigenvalue weighted by atomic mass is 9.86. The maximum absolute atomic E-state index is 6.21. The van der Waals surface area contributed by atoms with Gasteiger partial charge >= 0.3 is 0 Å². The maximum atomic E-state index is 6.21. The first-order valence-electron chi connectivity index (χ1n) is 5.22. The Balaban J connectivity index is 2.30. The van der Waals surface area contributed by atoms with Crippen molar-refractivity contribution in [2.24, 2.45) is 0 Å². The van der Waals surface area contributed by atoms with Crippen LogP contribution in [0.1, 0.15) is 11.1 Å². The molecule has 0 fully saturated rings. The normalized spacial score (nSPS) is 13.1. The molecule has 0 atom stereocenters. The van der Waals surface area contributed by atoms with Gasteiger partial charge in [0.2, 0.25) is 0 Å². The molecule has 2 aromatic carbocycles. The lowest BCUT2D eigenvalue weighted by molar-refractivity contribution is 0.942. The molecule has 15 heavy (non-hydrogen) atoms. The van der Waals surface area contributed by atoms with Crippen LogP contribution in [0.5, 0.6) is 0 Å². The van der Waals surface area contributed by atoms with Crippen LogP contribution in [0.15, 0.2) is 42.5 Å². The van der Waals surface area contributed by atoms with E-state index < -0.39 is 0 Å². The van der Waals surface area contributed by atoms with Gasteiger partial charge in [0, 0.05) is 5.02 Å². The van der Waals surface area contributed by atoms with E-state index in [9.17, 15) is 0 Å². The van der Waals surface area contributed by atoms with Gasteiger partial charge in [-0.1, -0.05) is 48.0 Å². The fraction of sp³-hybridized carbons (Fsp3) is 0.143. The second kappa shape index (κ2) is 3.39. The van der Waals surface area contributed by atoms with Crippen LogP contribution in [0.3, 0.4) is 0 Å². The Labute approximate surface area is 94.5 Å². The minimum Gasteiger partial charge on any atom is -0.0840 e. The number of rotatable bonds is 0. The predicted molar refractivity (Wildman–Crippen MR) is 64.3 cm³/mol. The molecule has 0 bridgehead atoms. The van der Waals surface area contributed by atoms with Gasteiger partial charge < -0.3 is 0 Å². The van der Waals surface area contributed by atoms with E-state index >= 15 is 0 Å². The van der Waals surface area contributed by atoms with Crippen LogP contribution in [0.4, 0.5) is 0 Å². The van der Waals surface area contributed by atoms with Crippen molar-refractivity contribution in [3.8, 4) is 11.1 Å². The minimum absolute atomic E-state index is 0.905. The number of hydrogen-bond acceptors (Lipinski definition) is 0. The number of halogens is 1. The molecule has 0 heterocycles. The Hall–Kier alpha value is -1.27. The average molecular weight is 215 g/mol. The van der Waals surface area contributed by atoms with Crippen molar-refractivity contribution in [2.75, 3.05) is 0 Å². The van der Waals surface area contributed by atoms with Gasteiger partial charge in [-0.2, -0.15) is 0 Å². The molecule has 1 aliphatic carbocycles. The number of fused-ring (bicyclic) bond motifs is 3. The van der Waals surface area contributed by atoms with Gasteiger partial charge in [-0.25, -0.2) is 0 Å². The van der Waals surface area contributed by atoms with E-state index in [1.54, 1.807) is 0 Å². The van der Waals surface area contributed by atoms with Gasteiger partial charge in [-0.15, -0.1) is 0 Å². The highest BCUT2D eigenvalue weighted by atomic mass is 35.5. The van der Waals surface area contributed by atoms with E-state index in [1.807, 2.05) is 12.1 Å². The molecule has 74 valence electrons.